The lowest BCUT2D eigenvalue weighted by Gasteiger charge is -2.21. The topological polar surface area (TPSA) is 74.7 Å². The molecule has 1 aromatic heterocycles. The fraction of sp³-hybridized carbons (Fsp3) is 0.167. The van der Waals surface area contributed by atoms with Crippen LogP contribution in [0.25, 0.3) is 10.9 Å². The summed E-state index contributed by atoms with van der Waals surface area (Å²) in [6.07, 6.45) is 2.23. The van der Waals surface area contributed by atoms with Gasteiger partial charge in [0.2, 0.25) is 0 Å². The number of methoxy groups -OCH3 is 1. The summed E-state index contributed by atoms with van der Waals surface area (Å²) in [5.74, 6) is 0.232. The number of hydrogen-bond acceptors (Lipinski definition) is 4. The van der Waals surface area contributed by atoms with Crippen LogP contribution in [-0.4, -0.2) is 27.4 Å². The van der Waals surface area contributed by atoms with Crippen molar-refractivity contribution in [3.05, 3.63) is 54.0 Å². The van der Waals surface area contributed by atoms with Gasteiger partial charge in [0, 0.05) is 35.4 Å². The quantitative estimate of drug-likeness (QED) is 0.683. The van der Waals surface area contributed by atoms with Crippen LogP contribution in [0, 0.1) is 5.82 Å². The van der Waals surface area contributed by atoms with Crippen LogP contribution in [0.2, 0.25) is 0 Å². The number of ether oxygens (including phenoxy) is 1. The van der Waals surface area contributed by atoms with Gasteiger partial charge in [-0.15, -0.1) is 0 Å². The van der Waals surface area contributed by atoms with E-state index in [0.29, 0.717) is 18.5 Å². The van der Waals surface area contributed by atoms with E-state index in [1.807, 2.05) is 29.2 Å². The molecule has 26 heavy (non-hydrogen) atoms. The first-order valence-corrected chi connectivity index (χ1v) is 9.08. The Hall–Kier alpha value is -2.71. The van der Waals surface area contributed by atoms with E-state index < -0.39 is 17.1 Å². The van der Waals surface area contributed by atoms with Crippen LogP contribution < -0.4 is 14.4 Å². The molecule has 0 bridgehead atoms. The first-order valence-electron chi connectivity index (χ1n) is 7.97. The van der Waals surface area contributed by atoms with Gasteiger partial charge in [-0.25, -0.2) is 8.60 Å². The lowest BCUT2D eigenvalue weighted by molar-refractivity contribution is 0.415. The highest BCUT2D eigenvalue weighted by atomic mass is 32.2. The third-order valence-electron chi connectivity index (χ3n) is 4.51. The van der Waals surface area contributed by atoms with Gasteiger partial charge in [0.05, 0.1) is 24.0 Å². The zero-order chi connectivity index (χ0) is 18.3. The second-order valence-corrected chi connectivity index (χ2v) is 6.59. The number of pyridine rings is 1. The van der Waals surface area contributed by atoms with E-state index in [0.717, 1.165) is 28.0 Å². The van der Waals surface area contributed by atoms with Crippen LogP contribution in [0.3, 0.4) is 0 Å². The molecule has 0 radical (unpaired) electrons. The minimum atomic E-state index is -2.31. The molecule has 0 aliphatic carbocycles. The molecule has 2 aromatic carbocycles. The lowest BCUT2D eigenvalue weighted by Crippen LogP contribution is -2.13. The number of nitrogens with one attached hydrogen (secondary N) is 1. The van der Waals surface area contributed by atoms with Crippen LogP contribution in [0.4, 0.5) is 21.5 Å². The van der Waals surface area contributed by atoms with E-state index >= 15 is 0 Å². The largest absolute Gasteiger partial charge is 0.497 e. The molecule has 1 aliphatic heterocycles. The fourth-order valence-electron chi connectivity index (χ4n) is 3.34. The van der Waals surface area contributed by atoms with Gasteiger partial charge in [0.1, 0.15) is 5.75 Å². The molecular formula is C18H16FN3O3S. The Morgan fingerprint density at radius 3 is 2.88 bits per heavy atom. The number of nitrogens with zero attached hydrogens (tertiary/aromatic N) is 2. The number of anilines is 3. The standard InChI is InChI=1S/C18H16FN3O3S/c1-25-11-2-3-12-15(10-11)20-8-6-17(12)22-9-7-13-16(22)5-4-14(18(13)19)21-26(23)24/h2-6,8,10,21H,7,9H2,1H3,(H,23,24). The Kier molecular flexibility index (Phi) is 4.21. The van der Waals surface area contributed by atoms with Gasteiger partial charge in [-0.1, -0.05) is 0 Å². The van der Waals surface area contributed by atoms with Crippen LogP contribution in [0.5, 0.6) is 5.75 Å². The van der Waals surface area contributed by atoms with Crippen molar-refractivity contribution in [2.75, 3.05) is 23.3 Å². The molecule has 134 valence electrons. The predicted molar refractivity (Wildman–Crippen MR) is 99.8 cm³/mol. The second kappa shape index (κ2) is 6.54. The molecule has 0 fully saturated rings. The maximum atomic E-state index is 14.7. The zero-order valence-corrected chi connectivity index (χ0v) is 14.7. The summed E-state index contributed by atoms with van der Waals surface area (Å²) >= 11 is -2.31. The van der Waals surface area contributed by atoms with Gasteiger partial charge in [0.15, 0.2) is 5.82 Å². The Bertz CT molecular complexity index is 1030. The highest BCUT2D eigenvalue weighted by molar-refractivity contribution is 7.80. The number of halogens is 1. The molecular weight excluding hydrogens is 357 g/mol. The molecule has 6 nitrogen and oxygen atoms in total. The molecule has 0 amide bonds. The molecule has 1 aliphatic rings. The minimum absolute atomic E-state index is 0.0238. The highest BCUT2D eigenvalue weighted by Gasteiger charge is 2.26. The van der Waals surface area contributed by atoms with Crippen molar-refractivity contribution < 1.29 is 17.9 Å². The van der Waals surface area contributed by atoms with Crippen molar-refractivity contribution in [1.82, 2.24) is 4.98 Å². The van der Waals surface area contributed by atoms with Crippen molar-refractivity contribution >= 4 is 39.2 Å². The molecule has 2 N–H and O–H groups in total. The maximum Gasteiger partial charge on any atom is 0.259 e. The van der Waals surface area contributed by atoms with Gasteiger partial charge in [-0.05, 0) is 36.8 Å². The van der Waals surface area contributed by atoms with Gasteiger partial charge < -0.3 is 9.64 Å². The van der Waals surface area contributed by atoms with Crippen LogP contribution in [0.1, 0.15) is 5.56 Å². The van der Waals surface area contributed by atoms with E-state index in [1.165, 1.54) is 6.07 Å². The first-order chi connectivity index (χ1) is 12.6. The zero-order valence-electron chi connectivity index (χ0n) is 13.9. The van der Waals surface area contributed by atoms with Crippen molar-refractivity contribution in [3.8, 4) is 5.75 Å². The minimum Gasteiger partial charge on any atom is -0.497 e. The lowest BCUT2D eigenvalue weighted by atomic mass is 10.1. The third-order valence-corrected chi connectivity index (χ3v) is 4.90. The SMILES string of the molecule is COc1ccc2c(N3CCc4c3ccc(NS(=O)O)c4F)ccnc2c1. The summed E-state index contributed by atoms with van der Waals surface area (Å²) in [4.78, 5) is 6.43. The van der Waals surface area contributed by atoms with Gasteiger partial charge in [0.25, 0.3) is 11.3 Å². The molecule has 1 unspecified atom stereocenters. The van der Waals surface area contributed by atoms with Gasteiger partial charge in [-0.2, -0.15) is 0 Å². The molecule has 0 saturated carbocycles. The third kappa shape index (κ3) is 2.77. The summed E-state index contributed by atoms with van der Waals surface area (Å²) in [6.45, 7) is 0.614. The predicted octanol–water partition coefficient (Wildman–Crippen LogP) is 3.63. The van der Waals surface area contributed by atoms with Crippen LogP contribution >= 0.6 is 0 Å². The number of rotatable bonds is 4. The number of hydrogen-bond donors (Lipinski definition) is 2. The van der Waals surface area contributed by atoms with E-state index in [2.05, 4.69) is 9.71 Å². The molecule has 4 rings (SSSR count). The Labute approximate surface area is 152 Å². The van der Waals surface area contributed by atoms with Gasteiger partial charge in [-0.3, -0.25) is 14.3 Å². The van der Waals surface area contributed by atoms with Crippen LogP contribution in [0.15, 0.2) is 42.6 Å². The monoisotopic (exact) mass is 373 g/mol. The Morgan fingerprint density at radius 1 is 1.27 bits per heavy atom. The number of aromatic nitrogens is 1. The Balaban J connectivity index is 1.80. The van der Waals surface area contributed by atoms with E-state index in [9.17, 15) is 8.60 Å². The van der Waals surface area contributed by atoms with Crippen molar-refractivity contribution in [1.29, 1.82) is 0 Å². The van der Waals surface area contributed by atoms with E-state index in [1.54, 1.807) is 19.4 Å². The summed E-state index contributed by atoms with van der Waals surface area (Å²) in [6, 6.07) is 10.8. The Morgan fingerprint density at radius 2 is 2.12 bits per heavy atom. The molecule has 0 spiro atoms. The summed E-state index contributed by atoms with van der Waals surface area (Å²) in [7, 11) is 1.61. The maximum absolute atomic E-state index is 14.7. The summed E-state index contributed by atoms with van der Waals surface area (Å²) < 4.78 is 42.0. The molecule has 3 aromatic rings. The average molecular weight is 373 g/mol. The normalized spacial score (nSPS) is 14.3. The van der Waals surface area contributed by atoms with Crippen molar-refractivity contribution in [3.63, 3.8) is 0 Å². The molecule has 0 saturated heterocycles. The fourth-order valence-corrected chi connectivity index (χ4v) is 3.69. The van der Waals surface area contributed by atoms with E-state index in [-0.39, 0.29) is 5.69 Å². The molecule has 8 heteroatoms. The summed E-state index contributed by atoms with van der Waals surface area (Å²) in [5, 5.41) is 0.945. The van der Waals surface area contributed by atoms with Crippen molar-refractivity contribution in [2.24, 2.45) is 0 Å². The second-order valence-electron chi connectivity index (χ2n) is 5.89. The number of benzene rings is 2. The number of fused-ring (bicyclic) bond motifs is 2. The summed E-state index contributed by atoms with van der Waals surface area (Å²) in [5.41, 5.74) is 3.03. The van der Waals surface area contributed by atoms with Crippen LogP contribution in [-0.2, 0) is 17.7 Å². The molecule has 2 heterocycles. The van der Waals surface area contributed by atoms with Crippen molar-refractivity contribution in [2.45, 2.75) is 6.42 Å². The smallest absolute Gasteiger partial charge is 0.259 e. The molecule has 1 atom stereocenters. The first kappa shape index (κ1) is 16.7. The van der Waals surface area contributed by atoms with Gasteiger partial charge >= 0.3 is 0 Å². The average Bonchev–Trinajstić information content (AvgIpc) is 3.07. The highest BCUT2D eigenvalue weighted by Crippen LogP contribution is 2.40. The van der Waals surface area contributed by atoms with E-state index in [4.69, 9.17) is 9.29 Å².